The van der Waals surface area contributed by atoms with Gasteiger partial charge in [0.25, 0.3) is 0 Å². The zero-order valence-corrected chi connectivity index (χ0v) is 19.7. The molecule has 0 radical (unpaired) electrons. The molecule has 174 valence electrons. The summed E-state index contributed by atoms with van der Waals surface area (Å²) in [5.41, 5.74) is 4.99. The number of ether oxygens (including phenoxy) is 2. The van der Waals surface area contributed by atoms with Crippen LogP contribution in [0.25, 0.3) is 0 Å². The van der Waals surface area contributed by atoms with Gasteiger partial charge in [-0.1, -0.05) is 49.4 Å². The maximum absolute atomic E-state index is 12.0. The monoisotopic (exact) mass is 456 g/mol. The Labute approximate surface area is 200 Å². The molecule has 0 aliphatic carbocycles. The van der Waals surface area contributed by atoms with Gasteiger partial charge in [0.05, 0.1) is 48.1 Å². The van der Waals surface area contributed by atoms with Crippen molar-refractivity contribution in [3.8, 4) is 0 Å². The van der Waals surface area contributed by atoms with Crippen LogP contribution in [0, 0.1) is 0 Å². The van der Waals surface area contributed by atoms with E-state index < -0.39 is 11.9 Å². The van der Waals surface area contributed by atoms with E-state index in [2.05, 4.69) is 12.1 Å². The molecule has 0 aromatic heterocycles. The molecule has 0 fully saturated rings. The summed E-state index contributed by atoms with van der Waals surface area (Å²) >= 11 is 0. The number of aryl methyl sites for hydroxylation is 1. The van der Waals surface area contributed by atoms with E-state index in [1.165, 1.54) is 19.8 Å². The number of benzene rings is 3. The highest BCUT2D eigenvalue weighted by Gasteiger charge is 2.12. The molecule has 0 saturated carbocycles. The normalized spacial score (nSPS) is 11.7. The summed E-state index contributed by atoms with van der Waals surface area (Å²) in [7, 11) is 2.71. The van der Waals surface area contributed by atoms with Crippen LogP contribution in [-0.4, -0.2) is 37.6 Å². The van der Waals surface area contributed by atoms with Crippen molar-refractivity contribution in [1.29, 1.82) is 0 Å². The van der Waals surface area contributed by atoms with Crippen LogP contribution >= 0.6 is 0 Å². The number of carbonyl (C=O) groups is 2. The van der Waals surface area contributed by atoms with Crippen molar-refractivity contribution < 1.29 is 19.1 Å². The second-order valence-electron chi connectivity index (χ2n) is 7.54. The molecule has 0 aliphatic heterocycles. The summed E-state index contributed by atoms with van der Waals surface area (Å²) in [6.07, 6.45) is 2.10. The zero-order chi connectivity index (χ0) is 24.3. The molecule has 6 heteroatoms. The van der Waals surface area contributed by atoms with Crippen LogP contribution in [-0.2, 0) is 15.9 Å². The maximum atomic E-state index is 12.0. The average molecular weight is 457 g/mol. The number of hydrogen-bond acceptors (Lipinski definition) is 6. The number of rotatable bonds is 9. The number of methoxy groups -OCH3 is 2. The van der Waals surface area contributed by atoms with Crippen LogP contribution in [0.15, 0.2) is 88.8 Å². The van der Waals surface area contributed by atoms with Gasteiger partial charge in [-0.3, -0.25) is 9.98 Å². The highest BCUT2D eigenvalue weighted by Crippen LogP contribution is 2.20. The molecular formula is C28H28N2O4. The van der Waals surface area contributed by atoms with Crippen LogP contribution in [0.4, 0.5) is 11.4 Å². The van der Waals surface area contributed by atoms with Gasteiger partial charge in [-0.2, -0.15) is 0 Å². The van der Waals surface area contributed by atoms with Gasteiger partial charge in [0.15, 0.2) is 0 Å². The lowest BCUT2D eigenvalue weighted by Crippen LogP contribution is -2.14. The lowest BCUT2D eigenvalue weighted by atomic mass is 10.0. The third-order valence-corrected chi connectivity index (χ3v) is 5.22. The van der Waals surface area contributed by atoms with Crippen LogP contribution in [0.3, 0.4) is 0 Å². The maximum Gasteiger partial charge on any atom is 0.337 e. The zero-order valence-electron chi connectivity index (χ0n) is 19.7. The van der Waals surface area contributed by atoms with E-state index in [1.807, 2.05) is 37.3 Å². The summed E-state index contributed by atoms with van der Waals surface area (Å²) < 4.78 is 9.67. The summed E-state index contributed by atoms with van der Waals surface area (Å²) in [4.78, 5) is 33.6. The second-order valence-corrected chi connectivity index (χ2v) is 7.54. The molecule has 34 heavy (non-hydrogen) atoms. The molecular weight excluding hydrogens is 428 g/mol. The Kier molecular flexibility index (Phi) is 8.86. The van der Waals surface area contributed by atoms with Crippen LogP contribution in [0.2, 0.25) is 0 Å². The lowest BCUT2D eigenvalue weighted by Gasteiger charge is -2.11. The van der Waals surface area contributed by atoms with E-state index in [0.717, 1.165) is 17.8 Å². The summed E-state index contributed by atoms with van der Waals surface area (Å²) in [6, 6.07) is 24.2. The number of esters is 2. The smallest absolute Gasteiger partial charge is 0.337 e. The first-order chi connectivity index (χ1) is 16.5. The molecule has 0 saturated heterocycles. The fourth-order valence-corrected chi connectivity index (χ4v) is 3.47. The largest absolute Gasteiger partial charge is 0.465 e. The Hall–Kier alpha value is -4.06. The third-order valence-electron chi connectivity index (χ3n) is 5.22. The first kappa shape index (κ1) is 24.6. The molecule has 0 spiro atoms. The molecule has 3 rings (SSSR count). The summed E-state index contributed by atoms with van der Waals surface area (Å²) in [5.74, 6) is -0.820. The van der Waals surface area contributed by atoms with Crippen LogP contribution in [0.1, 0.15) is 46.0 Å². The molecule has 3 aromatic rings. The average Bonchev–Trinajstić information content (AvgIpc) is 2.89. The minimum atomic E-state index is -0.410. The lowest BCUT2D eigenvalue weighted by molar-refractivity contribution is 0.0592. The van der Waals surface area contributed by atoms with Crippen molar-refractivity contribution in [3.05, 3.63) is 95.6 Å². The van der Waals surface area contributed by atoms with E-state index in [0.29, 0.717) is 35.3 Å². The van der Waals surface area contributed by atoms with E-state index in [1.54, 1.807) is 36.4 Å². The van der Waals surface area contributed by atoms with Crippen molar-refractivity contribution >= 4 is 34.7 Å². The Balaban J connectivity index is 2.01. The molecule has 3 aromatic carbocycles. The predicted octanol–water partition coefficient (Wildman–Crippen LogP) is 6.15. The SMILES string of the molecule is CCC(=Nc1cccc(C(=O)OC)c1)C(CCc1ccccc1)=Nc1cccc(C(=O)OC)c1. The number of nitrogens with zero attached hydrogens (tertiary/aromatic N) is 2. The molecule has 6 nitrogen and oxygen atoms in total. The fraction of sp³-hybridized carbons (Fsp3) is 0.214. The van der Waals surface area contributed by atoms with E-state index in [4.69, 9.17) is 19.5 Å². The molecule has 0 amide bonds. The highest BCUT2D eigenvalue weighted by molar-refractivity contribution is 6.43. The van der Waals surface area contributed by atoms with Crippen LogP contribution in [0.5, 0.6) is 0 Å². The number of carbonyl (C=O) groups excluding carboxylic acids is 2. The van der Waals surface area contributed by atoms with E-state index >= 15 is 0 Å². The van der Waals surface area contributed by atoms with Gasteiger partial charge in [0.1, 0.15) is 0 Å². The van der Waals surface area contributed by atoms with Gasteiger partial charge in [-0.05, 0) is 61.2 Å². The fourth-order valence-electron chi connectivity index (χ4n) is 3.47. The van der Waals surface area contributed by atoms with Crippen molar-refractivity contribution in [2.45, 2.75) is 26.2 Å². The summed E-state index contributed by atoms with van der Waals surface area (Å²) in [5, 5.41) is 0. The minimum Gasteiger partial charge on any atom is -0.465 e. The topological polar surface area (TPSA) is 77.3 Å². The molecule has 0 unspecified atom stereocenters. The molecule has 0 atom stereocenters. The molecule has 0 aliphatic rings. The second kappa shape index (κ2) is 12.3. The van der Waals surface area contributed by atoms with Crippen molar-refractivity contribution in [2.24, 2.45) is 9.98 Å². The predicted molar refractivity (Wildman–Crippen MR) is 135 cm³/mol. The van der Waals surface area contributed by atoms with Gasteiger partial charge < -0.3 is 9.47 Å². The van der Waals surface area contributed by atoms with Gasteiger partial charge >= 0.3 is 11.9 Å². The first-order valence-electron chi connectivity index (χ1n) is 11.1. The number of aliphatic imine (C=N–C) groups is 2. The Bertz CT molecular complexity index is 1200. The van der Waals surface area contributed by atoms with Crippen molar-refractivity contribution in [1.82, 2.24) is 0 Å². The first-order valence-corrected chi connectivity index (χ1v) is 11.1. The standard InChI is InChI=1S/C28H28N2O4/c1-4-25(29-23-14-8-12-21(18-23)27(31)33-2)26(17-16-20-10-6-5-7-11-20)30-24-15-9-13-22(19-24)28(32)34-3/h5-15,18-19H,4,16-17H2,1-3H3. The summed E-state index contributed by atoms with van der Waals surface area (Å²) in [6.45, 7) is 2.02. The highest BCUT2D eigenvalue weighted by atomic mass is 16.5. The minimum absolute atomic E-state index is 0.410. The van der Waals surface area contributed by atoms with Crippen molar-refractivity contribution in [2.75, 3.05) is 14.2 Å². The van der Waals surface area contributed by atoms with E-state index in [-0.39, 0.29) is 0 Å². The quantitative estimate of drug-likeness (QED) is 0.286. The molecule has 0 heterocycles. The van der Waals surface area contributed by atoms with Gasteiger partial charge in [-0.15, -0.1) is 0 Å². The van der Waals surface area contributed by atoms with Gasteiger partial charge in [0, 0.05) is 0 Å². The Morgan fingerprint density at radius 1 is 0.706 bits per heavy atom. The molecule has 0 bridgehead atoms. The third kappa shape index (κ3) is 6.72. The number of hydrogen-bond donors (Lipinski definition) is 0. The van der Waals surface area contributed by atoms with E-state index in [9.17, 15) is 9.59 Å². The Morgan fingerprint density at radius 2 is 1.24 bits per heavy atom. The molecule has 0 N–H and O–H groups in total. The Morgan fingerprint density at radius 3 is 1.74 bits per heavy atom. The van der Waals surface area contributed by atoms with Gasteiger partial charge in [0.2, 0.25) is 0 Å². The van der Waals surface area contributed by atoms with Crippen molar-refractivity contribution in [3.63, 3.8) is 0 Å². The van der Waals surface area contributed by atoms with Crippen LogP contribution < -0.4 is 0 Å². The van der Waals surface area contributed by atoms with Gasteiger partial charge in [-0.25, -0.2) is 9.59 Å².